The van der Waals surface area contributed by atoms with Crippen LogP contribution in [0.1, 0.15) is 58.3 Å². The molecule has 0 heterocycles. The van der Waals surface area contributed by atoms with Crippen molar-refractivity contribution in [1.29, 1.82) is 0 Å². The van der Waals surface area contributed by atoms with Crippen molar-refractivity contribution in [2.45, 2.75) is 64.4 Å². The van der Waals surface area contributed by atoms with Gasteiger partial charge in [0.2, 0.25) is 0 Å². The molecule has 0 amide bonds. The third kappa shape index (κ3) is 1.99. The van der Waals surface area contributed by atoms with E-state index in [4.69, 9.17) is 0 Å². The number of rotatable bonds is 2. The maximum atomic E-state index is 10.6. The number of hydrogen-bond acceptors (Lipinski definition) is 3. The van der Waals surface area contributed by atoms with Gasteiger partial charge in [-0.15, -0.1) is 0 Å². The Bertz CT molecular complexity index is 517. The van der Waals surface area contributed by atoms with Crippen LogP contribution in [0.2, 0.25) is 0 Å². The smallest absolute Gasteiger partial charge is 0.0552 e. The van der Waals surface area contributed by atoms with Crippen molar-refractivity contribution in [3.05, 3.63) is 12.2 Å². The molecule has 4 fully saturated rings. The Morgan fingerprint density at radius 1 is 1.04 bits per heavy atom. The topological polar surface area (TPSA) is 60.7 Å². The summed E-state index contributed by atoms with van der Waals surface area (Å²) in [7, 11) is 0. The Kier molecular flexibility index (Phi) is 3.54. The van der Waals surface area contributed by atoms with Crippen LogP contribution in [0, 0.1) is 34.0 Å². The van der Waals surface area contributed by atoms with Gasteiger partial charge < -0.3 is 15.3 Å². The van der Waals surface area contributed by atoms with Crippen LogP contribution in [-0.4, -0.2) is 34.6 Å². The van der Waals surface area contributed by atoms with Gasteiger partial charge in [-0.05, 0) is 80.0 Å². The van der Waals surface area contributed by atoms with Crippen molar-refractivity contribution in [1.82, 2.24) is 0 Å². The molecule has 4 rings (SSSR count). The van der Waals surface area contributed by atoms with Gasteiger partial charge in [0.1, 0.15) is 0 Å². The monoisotopic (exact) mass is 320 g/mol. The zero-order chi connectivity index (χ0) is 16.5. The quantitative estimate of drug-likeness (QED) is 0.686. The Hall–Kier alpha value is -0.380. The lowest BCUT2D eigenvalue weighted by Crippen LogP contribution is -2.62. The number of aliphatic hydroxyl groups excluding tert-OH is 3. The maximum Gasteiger partial charge on any atom is 0.0552 e. The van der Waals surface area contributed by atoms with Crippen LogP contribution in [-0.2, 0) is 0 Å². The van der Waals surface area contributed by atoms with Crippen LogP contribution < -0.4 is 0 Å². The van der Waals surface area contributed by atoms with Crippen molar-refractivity contribution in [2.24, 2.45) is 34.0 Å². The van der Waals surface area contributed by atoms with E-state index in [-0.39, 0.29) is 24.0 Å². The van der Waals surface area contributed by atoms with E-state index in [1.165, 1.54) is 24.8 Å². The maximum absolute atomic E-state index is 10.6. The SMILES string of the molecule is C=C1C[C@@]23CC[C@H]4C(C)(CO)CC(O)C[C@]4(CO)[C@@H]2CC[C@H]1C3. The highest BCUT2D eigenvalue weighted by molar-refractivity contribution is 5.23. The van der Waals surface area contributed by atoms with Gasteiger partial charge in [-0.3, -0.25) is 0 Å². The molecule has 0 aliphatic heterocycles. The van der Waals surface area contributed by atoms with Crippen molar-refractivity contribution >= 4 is 0 Å². The van der Waals surface area contributed by atoms with Crippen LogP contribution in [0.4, 0.5) is 0 Å². The lowest BCUT2D eigenvalue weighted by molar-refractivity contribution is -0.208. The van der Waals surface area contributed by atoms with E-state index in [1.54, 1.807) is 0 Å². The minimum atomic E-state index is -0.395. The van der Waals surface area contributed by atoms with Gasteiger partial charge in [0.15, 0.2) is 0 Å². The van der Waals surface area contributed by atoms with Gasteiger partial charge in [0, 0.05) is 18.6 Å². The number of fused-ring (bicyclic) bond motifs is 3. The minimum Gasteiger partial charge on any atom is -0.396 e. The lowest BCUT2D eigenvalue weighted by Gasteiger charge is -2.65. The van der Waals surface area contributed by atoms with Crippen LogP contribution in [0.3, 0.4) is 0 Å². The summed E-state index contributed by atoms with van der Waals surface area (Å²) in [4.78, 5) is 0. The fourth-order valence-corrected chi connectivity index (χ4v) is 7.75. The van der Waals surface area contributed by atoms with Gasteiger partial charge in [-0.1, -0.05) is 19.1 Å². The highest BCUT2D eigenvalue weighted by Gasteiger charge is 2.66. The predicted octanol–water partition coefficient (Wildman–Crippen LogP) is 2.89. The summed E-state index contributed by atoms with van der Waals surface area (Å²) in [5, 5.41) is 31.2. The summed E-state index contributed by atoms with van der Waals surface area (Å²) >= 11 is 0. The number of aliphatic hydroxyl groups is 3. The van der Waals surface area contributed by atoms with Crippen LogP contribution in [0.15, 0.2) is 12.2 Å². The number of hydrogen-bond donors (Lipinski definition) is 3. The normalized spacial score (nSPS) is 55.4. The first-order chi connectivity index (χ1) is 10.9. The first-order valence-corrected chi connectivity index (χ1v) is 9.47. The summed E-state index contributed by atoms with van der Waals surface area (Å²) in [6.45, 7) is 6.75. The van der Waals surface area contributed by atoms with E-state index in [0.29, 0.717) is 36.0 Å². The molecule has 7 atom stereocenters. The van der Waals surface area contributed by atoms with Gasteiger partial charge in [-0.25, -0.2) is 0 Å². The second kappa shape index (κ2) is 5.06. The summed E-state index contributed by atoms with van der Waals surface area (Å²) < 4.78 is 0. The lowest BCUT2D eigenvalue weighted by atomic mass is 9.40. The standard InChI is InChI=1S/C20H32O3/c1-13-7-19-6-5-16-18(2,11-21)9-15(23)10-20(16,12-22)17(19)4-3-14(13)8-19/h14-17,21-23H,1,3-12H2,2H3/t14-,15?,16-,17+,18?,19+,20+/m0/s1. The molecule has 0 aromatic heterocycles. The van der Waals surface area contributed by atoms with Crippen molar-refractivity contribution < 1.29 is 15.3 Å². The van der Waals surface area contributed by atoms with E-state index >= 15 is 0 Å². The Morgan fingerprint density at radius 2 is 1.83 bits per heavy atom. The molecule has 4 aliphatic rings. The molecule has 4 aliphatic carbocycles. The highest BCUT2D eigenvalue weighted by atomic mass is 16.3. The summed E-state index contributed by atoms with van der Waals surface area (Å²) in [5.41, 5.74) is 1.28. The third-order valence-electron chi connectivity index (χ3n) is 8.49. The molecule has 0 aromatic rings. The van der Waals surface area contributed by atoms with E-state index in [0.717, 1.165) is 19.3 Å². The second-order valence-corrected chi connectivity index (χ2v) is 9.59. The molecule has 3 N–H and O–H groups in total. The molecule has 4 saturated carbocycles. The number of allylic oxidation sites excluding steroid dienone is 1. The minimum absolute atomic E-state index is 0.117. The molecule has 130 valence electrons. The largest absolute Gasteiger partial charge is 0.396 e. The molecule has 0 aromatic carbocycles. The molecule has 23 heavy (non-hydrogen) atoms. The molecule has 2 unspecified atom stereocenters. The first kappa shape index (κ1) is 16.1. The Balaban J connectivity index is 1.78. The van der Waals surface area contributed by atoms with E-state index < -0.39 is 6.10 Å². The van der Waals surface area contributed by atoms with Gasteiger partial charge in [-0.2, -0.15) is 0 Å². The van der Waals surface area contributed by atoms with Crippen LogP contribution in [0.5, 0.6) is 0 Å². The molecule has 3 heteroatoms. The summed E-state index contributed by atoms with van der Waals surface area (Å²) in [6, 6.07) is 0. The zero-order valence-electron chi connectivity index (χ0n) is 14.4. The van der Waals surface area contributed by atoms with Crippen LogP contribution in [0.25, 0.3) is 0 Å². The van der Waals surface area contributed by atoms with E-state index in [9.17, 15) is 15.3 Å². The third-order valence-corrected chi connectivity index (χ3v) is 8.49. The van der Waals surface area contributed by atoms with E-state index in [1.807, 2.05) is 0 Å². The predicted molar refractivity (Wildman–Crippen MR) is 89.7 cm³/mol. The molecule has 0 saturated heterocycles. The molecular formula is C20H32O3. The average Bonchev–Trinajstić information content (AvgIpc) is 2.75. The van der Waals surface area contributed by atoms with Gasteiger partial charge >= 0.3 is 0 Å². The summed E-state index contributed by atoms with van der Waals surface area (Å²) in [5.74, 6) is 1.50. The van der Waals surface area contributed by atoms with Crippen molar-refractivity contribution in [2.75, 3.05) is 13.2 Å². The van der Waals surface area contributed by atoms with Gasteiger partial charge in [0.25, 0.3) is 0 Å². The Morgan fingerprint density at radius 3 is 2.52 bits per heavy atom. The molecule has 1 spiro atoms. The second-order valence-electron chi connectivity index (χ2n) is 9.59. The molecule has 0 radical (unpaired) electrons. The highest BCUT2D eigenvalue weighted by Crippen LogP contribution is 2.72. The Labute approximate surface area is 139 Å². The fraction of sp³-hybridized carbons (Fsp3) is 0.900. The molecule has 2 bridgehead atoms. The van der Waals surface area contributed by atoms with Crippen molar-refractivity contribution in [3.63, 3.8) is 0 Å². The van der Waals surface area contributed by atoms with E-state index in [2.05, 4.69) is 13.5 Å². The van der Waals surface area contributed by atoms with Crippen molar-refractivity contribution in [3.8, 4) is 0 Å². The first-order valence-electron chi connectivity index (χ1n) is 9.47. The molecule has 3 nitrogen and oxygen atoms in total. The fourth-order valence-electron chi connectivity index (χ4n) is 7.75. The summed E-state index contributed by atoms with van der Waals surface area (Å²) in [6.07, 6.45) is 8.03. The average molecular weight is 320 g/mol. The van der Waals surface area contributed by atoms with Crippen LogP contribution >= 0.6 is 0 Å². The molecular weight excluding hydrogens is 288 g/mol. The zero-order valence-corrected chi connectivity index (χ0v) is 14.4. The van der Waals surface area contributed by atoms with Gasteiger partial charge in [0.05, 0.1) is 6.10 Å².